The van der Waals surface area contributed by atoms with Gasteiger partial charge in [-0.2, -0.15) is 5.10 Å². The maximum Gasteiger partial charge on any atom is 0.150 e. The number of hydrogen-bond donors (Lipinski definition) is 0. The first kappa shape index (κ1) is 15.0. The minimum atomic E-state index is 0.130. The van der Waals surface area contributed by atoms with Crippen LogP contribution < -0.4 is 5.01 Å². The van der Waals surface area contributed by atoms with Crippen LogP contribution in [0.3, 0.4) is 0 Å². The third-order valence-electron chi connectivity index (χ3n) is 4.21. The molecule has 4 rings (SSSR count). The highest BCUT2D eigenvalue weighted by Gasteiger charge is 2.31. The number of anilines is 1. The predicted octanol–water partition coefficient (Wildman–Crippen LogP) is 5.60. The Morgan fingerprint density at radius 2 is 1.75 bits per heavy atom. The van der Waals surface area contributed by atoms with E-state index in [9.17, 15) is 0 Å². The highest BCUT2D eigenvalue weighted by Crippen LogP contribution is 2.37. The average Bonchev–Trinajstić information content (AvgIpc) is 3.23. The minimum Gasteiger partial charge on any atom is -0.460 e. The average molecular weight is 337 g/mol. The first-order chi connectivity index (χ1) is 11.7. The smallest absolute Gasteiger partial charge is 0.150 e. The Balaban J connectivity index is 1.74. The van der Waals surface area contributed by atoms with Crippen molar-refractivity contribution in [1.29, 1.82) is 0 Å². The van der Waals surface area contributed by atoms with E-state index in [-0.39, 0.29) is 6.04 Å². The van der Waals surface area contributed by atoms with E-state index in [1.165, 1.54) is 5.56 Å². The maximum absolute atomic E-state index is 6.04. The molecule has 1 unspecified atom stereocenters. The summed E-state index contributed by atoms with van der Waals surface area (Å²) in [6.07, 6.45) is 0.795. The van der Waals surface area contributed by atoms with Crippen LogP contribution >= 0.6 is 11.6 Å². The number of nitrogens with zero attached hydrogens (tertiary/aromatic N) is 2. The van der Waals surface area contributed by atoms with Crippen molar-refractivity contribution in [3.8, 4) is 0 Å². The molecule has 0 spiro atoms. The Morgan fingerprint density at radius 3 is 2.42 bits per heavy atom. The number of benzene rings is 2. The predicted molar refractivity (Wildman–Crippen MR) is 97.7 cm³/mol. The molecular weight excluding hydrogens is 320 g/mol. The fourth-order valence-electron chi connectivity index (χ4n) is 3.01. The van der Waals surface area contributed by atoms with Gasteiger partial charge in [0.05, 0.1) is 11.7 Å². The molecule has 1 atom stereocenters. The van der Waals surface area contributed by atoms with Gasteiger partial charge in [0.2, 0.25) is 0 Å². The Bertz CT molecular complexity index is 868. The van der Waals surface area contributed by atoms with Gasteiger partial charge in [-0.25, -0.2) is 0 Å². The van der Waals surface area contributed by atoms with Gasteiger partial charge < -0.3 is 4.42 Å². The summed E-state index contributed by atoms with van der Waals surface area (Å²) < 4.78 is 5.78. The summed E-state index contributed by atoms with van der Waals surface area (Å²) in [6.45, 7) is 1.95. The Morgan fingerprint density at radius 1 is 1.00 bits per heavy atom. The summed E-state index contributed by atoms with van der Waals surface area (Å²) in [7, 11) is 0. The highest BCUT2D eigenvalue weighted by molar-refractivity contribution is 6.30. The fraction of sp³-hybridized carbons (Fsp3) is 0.150. The zero-order valence-electron chi connectivity index (χ0n) is 13.3. The summed E-state index contributed by atoms with van der Waals surface area (Å²) in [5, 5.41) is 7.65. The molecule has 0 fully saturated rings. The number of aryl methyl sites for hydroxylation is 1. The molecule has 120 valence electrons. The lowest BCUT2D eigenvalue weighted by Gasteiger charge is -2.24. The lowest BCUT2D eigenvalue weighted by Crippen LogP contribution is -2.18. The maximum atomic E-state index is 6.04. The number of furan rings is 1. The van der Waals surface area contributed by atoms with E-state index >= 15 is 0 Å². The number of hydrogen-bond acceptors (Lipinski definition) is 3. The van der Waals surface area contributed by atoms with Crippen LogP contribution in [-0.4, -0.2) is 5.71 Å². The summed E-state index contributed by atoms with van der Waals surface area (Å²) in [5.41, 5.74) is 3.22. The molecule has 2 heterocycles. The molecule has 3 nitrogen and oxygen atoms in total. The van der Waals surface area contributed by atoms with Crippen LogP contribution in [0, 0.1) is 6.92 Å². The molecule has 4 heteroatoms. The van der Waals surface area contributed by atoms with Gasteiger partial charge >= 0.3 is 0 Å². The van der Waals surface area contributed by atoms with Gasteiger partial charge in [-0.1, -0.05) is 41.9 Å². The molecule has 1 aliphatic rings. The molecule has 0 N–H and O–H groups in total. The standard InChI is InChI=1S/C20H17ClN2O/c1-14-7-12-20(24-14)18-13-19(15-8-10-16(21)11-9-15)23(22-18)17-5-3-2-4-6-17/h2-12,19H,13H2,1H3. The van der Waals surface area contributed by atoms with Crippen LogP contribution in [0.5, 0.6) is 0 Å². The summed E-state index contributed by atoms with van der Waals surface area (Å²) in [6, 6.07) is 22.3. The lowest BCUT2D eigenvalue weighted by molar-refractivity contribution is 0.524. The van der Waals surface area contributed by atoms with Crippen molar-refractivity contribution in [2.45, 2.75) is 19.4 Å². The van der Waals surface area contributed by atoms with Crippen molar-refractivity contribution in [1.82, 2.24) is 0 Å². The van der Waals surface area contributed by atoms with Crippen molar-refractivity contribution in [2.75, 3.05) is 5.01 Å². The Labute approximate surface area is 146 Å². The molecule has 3 aromatic rings. The van der Waals surface area contributed by atoms with E-state index in [2.05, 4.69) is 29.3 Å². The van der Waals surface area contributed by atoms with E-state index in [4.69, 9.17) is 21.1 Å². The summed E-state index contributed by atoms with van der Waals surface area (Å²) >= 11 is 6.04. The third-order valence-corrected chi connectivity index (χ3v) is 4.46. The van der Waals surface area contributed by atoms with E-state index < -0.39 is 0 Å². The number of hydrazone groups is 1. The molecule has 0 saturated carbocycles. The van der Waals surface area contributed by atoms with Gasteiger partial charge in [0.1, 0.15) is 17.2 Å². The molecular formula is C20H17ClN2O. The van der Waals surface area contributed by atoms with E-state index in [1.54, 1.807) is 0 Å². The second-order valence-electron chi connectivity index (χ2n) is 5.91. The van der Waals surface area contributed by atoms with Crippen LogP contribution in [0.4, 0.5) is 5.69 Å². The topological polar surface area (TPSA) is 28.7 Å². The molecule has 1 aliphatic heterocycles. The van der Waals surface area contributed by atoms with Gasteiger partial charge in [0.25, 0.3) is 0 Å². The number of para-hydroxylation sites is 1. The van der Waals surface area contributed by atoms with E-state index in [1.807, 2.05) is 49.4 Å². The van der Waals surface area contributed by atoms with Crippen LogP contribution in [0.15, 0.2) is 76.2 Å². The van der Waals surface area contributed by atoms with Crippen LogP contribution in [-0.2, 0) is 0 Å². The SMILES string of the molecule is Cc1ccc(C2=NN(c3ccccc3)C(c3ccc(Cl)cc3)C2)o1. The molecule has 0 saturated heterocycles. The first-order valence-corrected chi connectivity index (χ1v) is 8.32. The molecule has 1 aromatic heterocycles. The molecule has 0 radical (unpaired) electrons. The fourth-order valence-corrected chi connectivity index (χ4v) is 3.14. The van der Waals surface area contributed by atoms with Gasteiger partial charge in [-0.15, -0.1) is 0 Å². The lowest BCUT2D eigenvalue weighted by atomic mass is 10.0. The quantitative estimate of drug-likeness (QED) is 0.623. The molecule has 0 aliphatic carbocycles. The Hall–Kier alpha value is -2.52. The van der Waals surface area contributed by atoms with Crippen molar-refractivity contribution < 1.29 is 4.42 Å². The second-order valence-corrected chi connectivity index (χ2v) is 6.35. The van der Waals surface area contributed by atoms with Gasteiger partial charge in [-0.3, -0.25) is 5.01 Å². The zero-order chi connectivity index (χ0) is 16.5. The number of rotatable bonds is 3. The third kappa shape index (κ3) is 2.83. The zero-order valence-corrected chi connectivity index (χ0v) is 14.1. The summed E-state index contributed by atoms with van der Waals surface area (Å²) in [4.78, 5) is 0. The first-order valence-electron chi connectivity index (χ1n) is 7.95. The minimum absolute atomic E-state index is 0.130. The second kappa shape index (κ2) is 6.17. The normalized spacial score (nSPS) is 17.2. The van der Waals surface area contributed by atoms with Crippen LogP contribution in [0.25, 0.3) is 0 Å². The van der Waals surface area contributed by atoms with Gasteiger partial charge in [0, 0.05) is 11.4 Å². The van der Waals surface area contributed by atoms with Crippen LogP contribution in [0.1, 0.15) is 29.5 Å². The molecule has 0 amide bonds. The van der Waals surface area contributed by atoms with E-state index in [0.29, 0.717) is 0 Å². The van der Waals surface area contributed by atoms with Gasteiger partial charge in [-0.05, 0) is 48.9 Å². The van der Waals surface area contributed by atoms with Crippen molar-refractivity contribution in [3.63, 3.8) is 0 Å². The largest absolute Gasteiger partial charge is 0.460 e. The number of halogens is 1. The summed E-state index contributed by atoms with van der Waals surface area (Å²) in [5.74, 6) is 1.73. The van der Waals surface area contributed by atoms with E-state index in [0.717, 1.165) is 34.4 Å². The molecule has 0 bridgehead atoms. The molecule has 24 heavy (non-hydrogen) atoms. The van der Waals surface area contributed by atoms with Gasteiger partial charge in [0.15, 0.2) is 0 Å². The van der Waals surface area contributed by atoms with Crippen molar-refractivity contribution >= 4 is 23.0 Å². The highest BCUT2D eigenvalue weighted by atomic mass is 35.5. The monoisotopic (exact) mass is 336 g/mol. The Kier molecular flexibility index (Phi) is 3.87. The van der Waals surface area contributed by atoms with Crippen molar-refractivity contribution in [2.24, 2.45) is 5.10 Å². The van der Waals surface area contributed by atoms with Crippen LogP contribution in [0.2, 0.25) is 5.02 Å². The molecule has 2 aromatic carbocycles. The van der Waals surface area contributed by atoms with Crippen molar-refractivity contribution in [3.05, 3.63) is 88.8 Å².